The van der Waals surface area contributed by atoms with E-state index in [0.29, 0.717) is 12.5 Å². The predicted octanol–water partition coefficient (Wildman–Crippen LogP) is 2.98. The normalized spacial score (nSPS) is 17.6. The lowest BCUT2D eigenvalue weighted by Gasteiger charge is -2.21. The van der Waals surface area contributed by atoms with Crippen LogP contribution in [0.3, 0.4) is 0 Å². The molecule has 6 nitrogen and oxygen atoms in total. The van der Waals surface area contributed by atoms with E-state index in [-0.39, 0.29) is 5.75 Å². The zero-order valence-corrected chi connectivity index (χ0v) is 15.6. The molecule has 2 aromatic rings. The summed E-state index contributed by atoms with van der Waals surface area (Å²) in [6.45, 7) is 2.17. The van der Waals surface area contributed by atoms with Gasteiger partial charge in [-0.15, -0.1) is 0 Å². The van der Waals surface area contributed by atoms with Crippen molar-refractivity contribution in [2.75, 3.05) is 19.6 Å². The zero-order chi connectivity index (χ0) is 19.2. The Labute approximate surface area is 157 Å². The molecule has 8 heteroatoms. The number of aliphatic imine (C=N–C) groups is 1. The van der Waals surface area contributed by atoms with Crippen LogP contribution < -0.4 is 10.1 Å². The zero-order valence-electron chi connectivity index (χ0n) is 15.6. The molecule has 1 saturated heterocycles. The minimum Gasteiger partial charge on any atom is -0.435 e. The van der Waals surface area contributed by atoms with Crippen LogP contribution in [-0.4, -0.2) is 46.9 Å². The molecule has 1 aliphatic heterocycles. The molecule has 1 aliphatic rings. The highest BCUT2D eigenvalue weighted by molar-refractivity contribution is 5.80. The van der Waals surface area contributed by atoms with Crippen molar-refractivity contribution < 1.29 is 13.5 Å². The first-order valence-corrected chi connectivity index (χ1v) is 9.10. The molecule has 27 heavy (non-hydrogen) atoms. The molecular weight excluding hydrogens is 352 g/mol. The fourth-order valence-corrected chi connectivity index (χ4v) is 3.29. The van der Waals surface area contributed by atoms with Gasteiger partial charge in [-0.3, -0.25) is 4.68 Å². The summed E-state index contributed by atoms with van der Waals surface area (Å²) < 4.78 is 31.0. The van der Waals surface area contributed by atoms with Crippen LogP contribution in [0.1, 0.15) is 30.4 Å². The summed E-state index contributed by atoms with van der Waals surface area (Å²) >= 11 is 0. The number of guanidine groups is 1. The smallest absolute Gasteiger partial charge is 0.387 e. The van der Waals surface area contributed by atoms with Crippen LogP contribution >= 0.6 is 0 Å². The number of alkyl halides is 2. The number of aryl methyl sites for hydroxylation is 1. The van der Waals surface area contributed by atoms with E-state index in [1.54, 1.807) is 12.1 Å². The van der Waals surface area contributed by atoms with Gasteiger partial charge in [0.2, 0.25) is 0 Å². The number of benzene rings is 1. The molecule has 0 saturated carbocycles. The number of hydrogen-bond donors (Lipinski definition) is 1. The summed E-state index contributed by atoms with van der Waals surface area (Å²) in [5.41, 5.74) is 2.07. The van der Waals surface area contributed by atoms with Gasteiger partial charge in [-0.1, -0.05) is 12.1 Å². The molecule has 2 heterocycles. The molecule has 1 atom stereocenters. The van der Waals surface area contributed by atoms with Crippen molar-refractivity contribution in [1.29, 1.82) is 0 Å². The van der Waals surface area contributed by atoms with Gasteiger partial charge in [0.25, 0.3) is 0 Å². The molecule has 146 valence electrons. The van der Waals surface area contributed by atoms with E-state index in [9.17, 15) is 8.78 Å². The van der Waals surface area contributed by atoms with Gasteiger partial charge < -0.3 is 15.0 Å². The Morgan fingerprint density at radius 3 is 3.00 bits per heavy atom. The standard InChI is InChI=1S/C19H25F2N5O/c1-3-22-19(23-10-14-5-4-6-17(9-14)27-18(20)21)26-8-7-15(13-26)16-11-24-25(2)12-16/h4-6,9,11-12,15,18H,3,7-8,10,13H2,1-2H3,(H,22,23). The molecule has 0 bridgehead atoms. The first-order chi connectivity index (χ1) is 13.0. The number of ether oxygens (including phenoxy) is 1. The second kappa shape index (κ2) is 8.83. The highest BCUT2D eigenvalue weighted by Gasteiger charge is 2.26. The molecule has 0 radical (unpaired) electrons. The number of rotatable bonds is 6. The maximum Gasteiger partial charge on any atom is 0.387 e. The van der Waals surface area contributed by atoms with E-state index >= 15 is 0 Å². The van der Waals surface area contributed by atoms with Gasteiger partial charge in [0.05, 0.1) is 12.7 Å². The van der Waals surface area contributed by atoms with Crippen molar-refractivity contribution in [1.82, 2.24) is 20.0 Å². The van der Waals surface area contributed by atoms with E-state index in [1.807, 2.05) is 30.9 Å². The van der Waals surface area contributed by atoms with Gasteiger partial charge in [0.1, 0.15) is 5.75 Å². The molecule has 1 N–H and O–H groups in total. The van der Waals surface area contributed by atoms with Crippen molar-refractivity contribution >= 4 is 5.96 Å². The van der Waals surface area contributed by atoms with Gasteiger partial charge in [-0.2, -0.15) is 13.9 Å². The van der Waals surface area contributed by atoms with Gasteiger partial charge in [-0.05, 0) is 36.6 Å². The van der Waals surface area contributed by atoms with E-state index in [2.05, 4.69) is 31.2 Å². The fourth-order valence-electron chi connectivity index (χ4n) is 3.29. The second-order valence-corrected chi connectivity index (χ2v) is 6.58. The van der Waals surface area contributed by atoms with Crippen LogP contribution in [0.5, 0.6) is 5.75 Å². The van der Waals surface area contributed by atoms with Crippen LogP contribution in [0.15, 0.2) is 41.7 Å². The Kier molecular flexibility index (Phi) is 6.26. The number of nitrogens with one attached hydrogen (secondary N) is 1. The van der Waals surface area contributed by atoms with E-state index < -0.39 is 6.61 Å². The molecule has 3 rings (SSSR count). The van der Waals surface area contributed by atoms with Crippen molar-refractivity contribution in [2.45, 2.75) is 32.4 Å². The van der Waals surface area contributed by atoms with Gasteiger partial charge in [-0.25, -0.2) is 4.99 Å². The third kappa shape index (κ3) is 5.18. The van der Waals surface area contributed by atoms with Crippen LogP contribution in [0.4, 0.5) is 8.78 Å². The van der Waals surface area contributed by atoms with E-state index in [4.69, 9.17) is 0 Å². The average Bonchev–Trinajstić information content (AvgIpc) is 3.27. The largest absolute Gasteiger partial charge is 0.435 e. The van der Waals surface area contributed by atoms with Gasteiger partial charge in [0.15, 0.2) is 5.96 Å². The van der Waals surface area contributed by atoms with Crippen molar-refractivity contribution in [3.05, 3.63) is 47.8 Å². The average molecular weight is 377 g/mol. The minimum atomic E-state index is -2.82. The molecule has 1 aromatic heterocycles. The highest BCUT2D eigenvalue weighted by Crippen LogP contribution is 2.26. The Hall–Kier alpha value is -2.64. The number of nitrogens with zero attached hydrogens (tertiary/aromatic N) is 4. The lowest BCUT2D eigenvalue weighted by Crippen LogP contribution is -2.40. The molecule has 1 aromatic carbocycles. The molecule has 0 amide bonds. The lowest BCUT2D eigenvalue weighted by molar-refractivity contribution is -0.0498. The number of likely N-dealkylation sites (tertiary alicyclic amines) is 1. The van der Waals surface area contributed by atoms with Crippen LogP contribution in [-0.2, 0) is 13.6 Å². The molecule has 0 spiro atoms. The number of halogens is 2. The maximum atomic E-state index is 12.4. The Balaban J connectivity index is 1.66. The van der Waals surface area contributed by atoms with Gasteiger partial charge in [0, 0.05) is 38.8 Å². The first-order valence-electron chi connectivity index (χ1n) is 9.10. The fraction of sp³-hybridized carbons (Fsp3) is 0.474. The van der Waals surface area contributed by atoms with Crippen molar-refractivity contribution in [3.8, 4) is 5.75 Å². The van der Waals surface area contributed by atoms with Crippen LogP contribution in [0, 0.1) is 0 Å². The molecule has 1 fully saturated rings. The predicted molar refractivity (Wildman–Crippen MR) is 100 cm³/mol. The highest BCUT2D eigenvalue weighted by atomic mass is 19.3. The maximum absolute atomic E-state index is 12.4. The van der Waals surface area contributed by atoms with E-state index in [0.717, 1.165) is 37.6 Å². The summed E-state index contributed by atoms with van der Waals surface area (Å²) in [5.74, 6) is 1.43. The SMILES string of the molecule is CCNC(=NCc1cccc(OC(F)F)c1)N1CCC(c2cnn(C)c2)C1. The summed E-state index contributed by atoms with van der Waals surface area (Å²) in [5, 5.41) is 7.58. The Morgan fingerprint density at radius 1 is 1.44 bits per heavy atom. The quantitative estimate of drug-likeness (QED) is 0.621. The summed E-state index contributed by atoms with van der Waals surface area (Å²) in [6, 6.07) is 6.67. The van der Waals surface area contributed by atoms with Gasteiger partial charge >= 0.3 is 6.61 Å². The molecule has 1 unspecified atom stereocenters. The molecular formula is C19H25F2N5O. The lowest BCUT2D eigenvalue weighted by atomic mass is 10.0. The summed E-state index contributed by atoms with van der Waals surface area (Å²) in [4.78, 5) is 6.92. The third-order valence-electron chi connectivity index (χ3n) is 4.55. The van der Waals surface area contributed by atoms with Crippen molar-refractivity contribution in [2.24, 2.45) is 12.0 Å². The molecule has 0 aliphatic carbocycles. The Bertz CT molecular complexity index is 777. The van der Waals surface area contributed by atoms with Crippen LogP contribution in [0.2, 0.25) is 0 Å². The summed E-state index contributed by atoms with van der Waals surface area (Å²) in [6.07, 6.45) is 5.04. The van der Waals surface area contributed by atoms with E-state index in [1.165, 1.54) is 11.6 Å². The Morgan fingerprint density at radius 2 is 2.30 bits per heavy atom. The van der Waals surface area contributed by atoms with Crippen molar-refractivity contribution in [3.63, 3.8) is 0 Å². The third-order valence-corrected chi connectivity index (χ3v) is 4.55. The number of hydrogen-bond acceptors (Lipinski definition) is 3. The summed E-state index contributed by atoms with van der Waals surface area (Å²) in [7, 11) is 1.92. The topological polar surface area (TPSA) is 54.7 Å². The second-order valence-electron chi connectivity index (χ2n) is 6.58. The minimum absolute atomic E-state index is 0.153. The van der Waals surface area contributed by atoms with Crippen LogP contribution in [0.25, 0.3) is 0 Å². The first kappa shape index (κ1) is 19.1. The monoisotopic (exact) mass is 377 g/mol. The number of aromatic nitrogens is 2.